The van der Waals surface area contributed by atoms with Crippen molar-refractivity contribution in [3.63, 3.8) is 0 Å². The molecule has 0 radical (unpaired) electrons. The summed E-state index contributed by atoms with van der Waals surface area (Å²) in [5, 5.41) is 11.1. The van der Waals surface area contributed by atoms with Gasteiger partial charge in [0.15, 0.2) is 0 Å². The molecular formula is C24H17O4S-. The topological polar surface area (TPSA) is 77.4 Å². The van der Waals surface area contributed by atoms with Crippen LogP contribution in [0.15, 0.2) is 102 Å². The average molecular weight is 401 g/mol. The van der Waals surface area contributed by atoms with Gasteiger partial charge in [0.1, 0.15) is 15.9 Å². The number of hydrogen-bond acceptors (Lipinski definition) is 4. The van der Waals surface area contributed by atoms with E-state index in [-0.39, 0.29) is 16.9 Å². The summed E-state index contributed by atoms with van der Waals surface area (Å²) in [6.45, 7) is 0. The second-order valence-corrected chi connectivity index (χ2v) is 7.89. The van der Waals surface area contributed by atoms with Gasteiger partial charge >= 0.3 is 0 Å². The zero-order chi connectivity index (χ0) is 20.4. The van der Waals surface area contributed by atoms with E-state index in [9.17, 15) is 18.1 Å². The standard InChI is InChI=1S/C24H18O4S/c25-23-20(17-10-4-1-5-11-17)16-21(18-12-6-2-7-13-18)24(29(26,27)28)22(23)19-14-8-3-9-15-19/h1-16,25H,(H,26,27,28)/p-1. The van der Waals surface area contributed by atoms with Gasteiger partial charge in [0, 0.05) is 16.7 Å². The van der Waals surface area contributed by atoms with Gasteiger partial charge in [0.25, 0.3) is 0 Å². The maximum Gasteiger partial charge on any atom is 0.132 e. The first-order chi connectivity index (χ1) is 14.0. The SMILES string of the molecule is O=S(=O)([O-])c1c(-c2ccccc2)cc(-c2ccccc2)c(O)c1-c1ccccc1. The molecule has 0 amide bonds. The fourth-order valence-electron chi connectivity index (χ4n) is 3.46. The maximum absolute atomic E-state index is 12.4. The van der Waals surface area contributed by atoms with Gasteiger partial charge in [-0.05, 0) is 22.8 Å². The Kier molecular flexibility index (Phi) is 4.92. The molecule has 0 aromatic heterocycles. The van der Waals surface area contributed by atoms with E-state index < -0.39 is 15.0 Å². The van der Waals surface area contributed by atoms with Gasteiger partial charge in [0.05, 0.1) is 4.90 Å². The van der Waals surface area contributed by atoms with Crippen LogP contribution < -0.4 is 0 Å². The minimum absolute atomic E-state index is 0.0146. The molecule has 0 unspecified atom stereocenters. The lowest BCUT2D eigenvalue weighted by atomic mass is 9.92. The van der Waals surface area contributed by atoms with Crippen molar-refractivity contribution in [2.45, 2.75) is 4.90 Å². The third kappa shape index (κ3) is 3.66. The Morgan fingerprint density at radius 1 is 0.621 bits per heavy atom. The van der Waals surface area contributed by atoms with E-state index in [0.29, 0.717) is 22.3 Å². The number of rotatable bonds is 4. The van der Waals surface area contributed by atoms with Crippen molar-refractivity contribution in [2.24, 2.45) is 0 Å². The summed E-state index contributed by atoms with van der Waals surface area (Å²) in [6, 6.07) is 28.2. The first kappa shape index (κ1) is 18.9. The molecule has 144 valence electrons. The van der Waals surface area contributed by atoms with Crippen molar-refractivity contribution in [3.05, 3.63) is 97.1 Å². The van der Waals surface area contributed by atoms with Gasteiger partial charge in [-0.3, -0.25) is 0 Å². The van der Waals surface area contributed by atoms with Gasteiger partial charge in [0.2, 0.25) is 0 Å². The number of phenols is 1. The zero-order valence-corrected chi connectivity index (χ0v) is 16.1. The molecule has 0 fully saturated rings. The molecule has 0 aliphatic rings. The second-order valence-electron chi connectivity index (χ2n) is 6.58. The van der Waals surface area contributed by atoms with E-state index in [1.165, 1.54) is 0 Å². The van der Waals surface area contributed by atoms with E-state index in [1.54, 1.807) is 60.7 Å². The van der Waals surface area contributed by atoms with Crippen molar-refractivity contribution in [1.82, 2.24) is 0 Å². The lowest BCUT2D eigenvalue weighted by molar-refractivity contribution is 0.458. The highest BCUT2D eigenvalue weighted by Crippen LogP contribution is 2.47. The molecule has 0 heterocycles. The van der Waals surface area contributed by atoms with Crippen molar-refractivity contribution in [1.29, 1.82) is 0 Å². The largest absolute Gasteiger partial charge is 0.744 e. The molecule has 5 heteroatoms. The molecule has 0 saturated carbocycles. The highest BCUT2D eigenvalue weighted by Gasteiger charge is 2.24. The van der Waals surface area contributed by atoms with E-state index in [1.807, 2.05) is 36.4 Å². The van der Waals surface area contributed by atoms with Crippen LogP contribution >= 0.6 is 0 Å². The summed E-state index contributed by atoms with van der Waals surface area (Å²) < 4.78 is 37.1. The Morgan fingerprint density at radius 3 is 1.48 bits per heavy atom. The Hall–Kier alpha value is -3.41. The van der Waals surface area contributed by atoms with E-state index in [2.05, 4.69) is 0 Å². The monoisotopic (exact) mass is 401 g/mol. The van der Waals surface area contributed by atoms with Crippen LogP contribution in [0.25, 0.3) is 33.4 Å². The minimum atomic E-state index is -4.89. The fourth-order valence-corrected chi connectivity index (χ4v) is 4.37. The zero-order valence-electron chi connectivity index (χ0n) is 15.3. The smallest absolute Gasteiger partial charge is 0.132 e. The molecule has 0 spiro atoms. The first-order valence-corrected chi connectivity index (χ1v) is 10.4. The number of phenolic OH excluding ortho intramolecular Hbond substituents is 1. The molecule has 0 aliphatic carbocycles. The summed E-state index contributed by atoms with van der Waals surface area (Å²) in [7, 11) is -4.89. The average Bonchev–Trinajstić information content (AvgIpc) is 2.74. The van der Waals surface area contributed by atoms with Crippen LogP contribution in [0.4, 0.5) is 0 Å². The fraction of sp³-hybridized carbons (Fsp3) is 0. The van der Waals surface area contributed by atoms with E-state index >= 15 is 0 Å². The third-order valence-corrected chi connectivity index (χ3v) is 5.66. The lowest BCUT2D eigenvalue weighted by Crippen LogP contribution is -2.05. The lowest BCUT2D eigenvalue weighted by Gasteiger charge is -2.22. The summed E-state index contributed by atoms with van der Waals surface area (Å²) in [4.78, 5) is -0.424. The van der Waals surface area contributed by atoms with Crippen LogP contribution in [0, 0.1) is 0 Å². The molecule has 29 heavy (non-hydrogen) atoms. The van der Waals surface area contributed by atoms with Gasteiger partial charge in [-0.25, -0.2) is 8.42 Å². The highest BCUT2D eigenvalue weighted by atomic mass is 32.2. The van der Waals surface area contributed by atoms with E-state index in [0.717, 1.165) is 0 Å². The number of benzene rings is 4. The predicted molar refractivity (Wildman–Crippen MR) is 112 cm³/mol. The summed E-state index contributed by atoms with van der Waals surface area (Å²) in [5.41, 5.74) is 2.48. The molecule has 0 bridgehead atoms. The minimum Gasteiger partial charge on any atom is -0.744 e. The molecule has 0 atom stereocenters. The van der Waals surface area contributed by atoms with Gasteiger partial charge in [-0.1, -0.05) is 91.0 Å². The van der Waals surface area contributed by atoms with E-state index in [4.69, 9.17) is 0 Å². The Balaban J connectivity index is 2.18. The molecule has 1 N–H and O–H groups in total. The molecule has 0 aliphatic heterocycles. The molecular weight excluding hydrogens is 384 g/mol. The summed E-state index contributed by atoms with van der Waals surface area (Å²) in [6.07, 6.45) is 0. The quantitative estimate of drug-likeness (QED) is 0.471. The van der Waals surface area contributed by atoms with Crippen LogP contribution in [0.1, 0.15) is 0 Å². The van der Waals surface area contributed by atoms with Crippen LogP contribution in [0.3, 0.4) is 0 Å². The Labute approximate surface area is 169 Å². The molecule has 0 saturated heterocycles. The highest BCUT2D eigenvalue weighted by molar-refractivity contribution is 7.86. The molecule has 4 rings (SSSR count). The van der Waals surface area contributed by atoms with Gasteiger partial charge in [-0.2, -0.15) is 0 Å². The summed E-state index contributed by atoms with van der Waals surface area (Å²) >= 11 is 0. The van der Waals surface area contributed by atoms with Gasteiger partial charge in [-0.15, -0.1) is 0 Å². The number of aromatic hydroxyl groups is 1. The van der Waals surface area contributed by atoms with Gasteiger partial charge < -0.3 is 9.66 Å². The van der Waals surface area contributed by atoms with Crippen molar-refractivity contribution < 1.29 is 18.1 Å². The molecule has 4 nitrogen and oxygen atoms in total. The van der Waals surface area contributed by atoms with Crippen LogP contribution in [-0.4, -0.2) is 18.1 Å². The first-order valence-electron chi connectivity index (χ1n) is 8.99. The van der Waals surface area contributed by atoms with Crippen molar-refractivity contribution in [2.75, 3.05) is 0 Å². The Morgan fingerprint density at radius 2 is 1.03 bits per heavy atom. The normalized spacial score (nSPS) is 11.3. The van der Waals surface area contributed by atoms with Crippen molar-refractivity contribution in [3.8, 4) is 39.1 Å². The Bertz CT molecular complexity index is 1250. The van der Waals surface area contributed by atoms with Crippen LogP contribution in [0.2, 0.25) is 0 Å². The maximum atomic E-state index is 12.4. The van der Waals surface area contributed by atoms with Crippen molar-refractivity contribution >= 4 is 10.1 Å². The second kappa shape index (κ2) is 7.54. The number of hydrogen-bond donors (Lipinski definition) is 1. The predicted octanol–water partition coefficient (Wildman–Crippen LogP) is 5.30. The molecule has 4 aromatic rings. The molecule has 4 aromatic carbocycles. The third-order valence-electron chi connectivity index (χ3n) is 4.73. The van der Waals surface area contributed by atoms with Crippen LogP contribution in [0.5, 0.6) is 5.75 Å². The van der Waals surface area contributed by atoms with Crippen LogP contribution in [-0.2, 0) is 10.1 Å². The summed E-state index contributed by atoms with van der Waals surface area (Å²) in [5.74, 6) is -0.239.